The minimum atomic E-state index is 0. The molecule has 0 aromatic heterocycles. The summed E-state index contributed by atoms with van der Waals surface area (Å²) >= 11 is 1.84. The third kappa shape index (κ3) is 5.63. The molecule has 1 aromatic carbocycles. The third-order valence-corrected chi connectivity index (χ3v) is 5.70. The van der Waals surface area contributed by atoms with Crippen LogP contribution < -0.4 is 39.6 Å². The van der Waals surface area contributed by atoms with Crippen molar-refractivity contribution >= 4 is 27.2 Å². The van der Waals surface area contributed by atoms with E-state index in [0.29, 0.717) is 0 Å². The minimum Gasteiger partial charge on any atom is -1.00 e. The Labute approximate surface area is 191 Å². The molecule has 1 aliphatic carbocycles. The SMILES string of the molecule is CCN(CC)c1ccc2nc3ccc(=[N+](CC)CC)cc-3sc2c1.[Cl-].[Cl-].[Zn]. The van der Waals surface area contributed by atoms with Crippen LogP contribution in [0, 0.1) is 0 Å². The van der Waals surface area contributed by atoms with Gasteiger partial charge in [0.05, 0.1) is 20.8 Å². The number of aromatic nitrogens is 1. The number of benzene rings is 2. The Balaban J connectivity index is 0.00000225. The summed E-state index contributed by atoms with van der Waals surface area (Å²) in [6.07, 6.45) is 0. The molecule has 0 saturated heterocycles. The van der Waals surface area contributed by atoms with Crippen LogP contribution in [0.1, 0.15) is 27.7 Å². The Hall–Kier alpha value is -0.737. The van der Waals surface area contributed by atoms with Crippen molar-refractivity contribution in [1.82, 2.24) is 9.56 Å². The topological polar surface area (TPSA) is 19.1 Å². The van der Waals surface area contributed by atoms with E-state index in [2.05, 4.69) is 73.6 Å². The summed E-state index contributed by atoms with van der Waals surface area (Å²) in [6.45, 7) is 12.9. The molecule has 144 valence electrons. The van der Waals surface area contributed by atoms with Crippen LogP contribution in [0.2, 0.25) is 0 Å². The van der Waals surface area contributed by atoms with Crippen molar-refractivity contribution in [3.05, 3.63) is 41.8 Å². The van der Waals surface area contributed by atoms with E-state index in [1.807, 2.05) is 11.3 Å². The van der Waals surface area contributed by atoms with Gasteiger partial charge in [-0.1, -0.05) is 0 Å². The molecule has 3 nitrogen and oxygen atoms in total. The van der Waals surface area contributed by atoms with Gasteiger partial charge in [0.15, 0.2) is 0 Å². The molecule has 3 rings (SSSR count). The maximum atomic E-state index is 4.86. The van der Waals surface area contributed by atoms with Crippen LogP contribution in [0.4, 0.5) is 5.69 Å². The van der Waals surface area contributed by atoms with Crippen LogP contribution >= 0.6 is 11.3 Å². The van der Waals surface area contributed by atoms with E-state index < -0.39 is 0 Å². The Bertz CT molecular complexity index is 888. The fourth-order valence-corrected chi connectivity index (χ4v) is 4.21. The molecule has 1 aliphatic heterocycles. The second-order valence-corrected chi connectivity index (χ2v) is 6.95. The summed E-state index contributed by atoms with van der Waals surface area (Å²) in [6, 6.07) is 13.2. The molecule has 0 N–H and O–H groups in total. The first-order chi connectivity index (χ1) is 11.7. The van der Waals surface area contributed by atoms with Gasteiger partial charge in [0.2, 0.25) is 5.36 Å². The Kier molecular flexibility index (Phi) is 11.6. The maximum Gasteiger partial charge on any atom is 0.201 e. The second kappa shape index (κ2) is 12.0. The zero-order valence-electron chi connectivity index (χ0n) is 16.5. The van der Waals surface area contributed by atoms with Crippen molar-refractivity contribution in [2.45, 2.75) is 27.7 Å². The van der Waals surface area contributed by atoms with Gasteiger partial charge in [-0.2, -0.15) is 0 Å². The predicted octanol–water partition coefficient (Wildman–Crippen LogP) is -1.94. The van der Waals surface area contributed by atoms with Gasteiger partial charge in [0.1, 0.15) is 13.1 Å². The zero-order chi connectivity index (χ0) is 17.1. The summed E-state index contributed by atoms with van der Waals surface area (Å²) < 4.78 is 3.63. The molecule has 0 fully saturated rings. The van der Waals surface area contributed by atoms with Gasteiger partial charge >= 0.3 is 0 Å². The van der Waals surface area contributed by atoms with Crippen LogP contribution in [0.3, 0.4) is 0 Å². The van der Waals surface area contributed by atoms with E-state index in [-0.39, 0.29) is 44.3 Å². The molecule has 27 heavy (non-hydrogen) atoms. The third-order valence-electron chi connectivity index (χ3n) is 4.60. The summed E-state index contributed by atoms with van der Waals surface area (Å²) in [5.74, 6) is 0. The average molecular weight is 477 g/mol. The van der Waals surface area contributed by atoms with Gasteiger partial charge in [0.25, 0.3) is 0 Å². The average Bonchev–Trinajstić information content (AvgIpc) is 2.62. The van der Waals surface area contributed by atoms with Crippen LogP contribution in [-0.4, -0.2) is 31.2 Å². The molecule has 0 atom stereocenters. The molecular weight excluding hydrogens is 451 g/mol. The van der Waals surface area contributed by atoms with Gasteiger partial charge in [-0.15, -0.1) is 11.3 Å². The molecule has 7 heteroatoms. The summed E-state index contributed by atoms with van der Waals surface area (Å²) in [5, 5.41) is 1.28. The van der Waals surface area contributed by atoms with Gasteiger partial charge in [-0.3, -0.25) is 0 Å². The quantitative estimate of drug-likeness (QED) is 0.243. The van der Waals surface area contributed by atoms with E-state index in [1.54, 1.807) is 0 Å². The van der Waals surface area contributed by atoms with E-state index in [4.69, 9.17) is 4.98 Å². The van der Waals surface area contributed by atoms with Crippen molar-refractivity contribution in [3.63, 3.8) is 0 Å². The fraction of sp³-hybridized carbons (Fsp3) is 0.400. The van der Waals surface area contributed by atoms with Gasteiger partial charge in [-0.25, -0.2) is 9.56 Å². The molecular formula is C20H26Cl2N3SZn-. The predicted molar refractivity (Wildman–Crippen MR) is 106 cm³/mol. The van der Waals surface area contributed by atoms with E-state index >= 15 is 0 Å². The minimum absolute atomic E-state index is 0. The van der Waals surface area contributed by atoms with Crippen LogP contribution in [-0.2, 0) is 19.5 Å². The molecule has 1 heterocycles. The van der Waals surface area contributed by atoms with Crippen LogP contribution in [0.25, 0.3) is 20.8 Å². The smallest absolute Gasteiger partial charge is 0.201 e. The summed E-state index contributed by atoms with van der Waals surface area (Å²) in [5.41, 5.74) is 3.45. The number of anilines is 1. The van der Waals surface area contributed by atoms with E-state index in [0.717, 1.165) is 37.4 Å². The Morgan fingerprint density at radius 1 is 0.926 bits per heavy atom. The Morgan fingerprint density at radius 3 is 2.19 bits per heavy atom. The number of hydrogen-bond donors (Lipinski definition) is 0. The molecule has 0 radical (unpaired) electrons. The molecule has 2 aliphatic rings. The second-order valence-electron chi connectivity index (χ2n) is 5.86. The molecule has 0 unspecified atom stereocenters. The molecule has 1 aromatic rings. The standard InChI is InChI=1S/C20H26N3S.2ClH.Zn/c1-5-22(6-2)15-9-11-17-19(13-15)24-20-14-16(23(7-3)8-4)10-12-18(20)21-17;;;/h9-14H,5-8H2,1-4H3;2*1H;/q+1;;;/p-2. The van der Waals surface area contributed by atoms with Gasteiger partial charge in [0, 0.05) is 50.4 Å². The zero-order valence-corrected chi connectivity index (χ0v) is 21.8. The first-order valence-corrected chi connectivity index (χ1v) is 9.69. The number of nitrogens with zero attached hydrogens (tertiary/aromatic N) is 3. The Morgan fingerprint density at radius 2 is 1.59 bits per heavy atom. The molecule has 0 amide bonds. The number of fused-ring (bicyclic) bond motifs is 2. The van der Waals surface area contributed by atoms with Crippen molar-refractivity contribution < 1.29 is 44.3 Å². The fourth-order valence-electron chi connectivity index (χ4n) is 3.17. The van der Waals surface area contributed by atoms with E-state index in [1.165, 1.54) is 20.6 Å². The van der Waals surface area contributed by atoms with Crippen LogP contribution in [0.15, 0.2) is 36.4 Å². The van der Waals surface area contributed by atoms with Crippen LogP contribution in [0.5, 0.6) is 0 Å². The largest absolute Gasteiger partial charge is 1.00 e. The maximum absolute atomic E-state index is 4.86. The number of halogens is 2. The van der Waals surface area contributed by atoms with Gasteiger partial charge < -0.3 is 29.7 Å². The van der Waals surface area contributed by atoms with Crippen molar-refractivity contribution in [2.24, 2.45) is 0 Å². The first kappa shape index (κ1) is 26.3. The number of rotatable bonds is 5. The molecule has 0 bridgehead atoms. The summed E-state index contributed by atoms with van der Waals surface area (Å²) in [7, 11) is 0. The van der Waals surface area contributed by atoms with Crippen molar-refractivity contribution in [2.75, 3.05) is 31.1 Å². The molecule has 0 spiro atoms. The first-order valence-electron chi connectivity index (χ1n) is 8.87. The normalized spacial score (nSPS) is 9.93. The van der Waals surface area contributed by atoms with Crippen molar-refractivity contribution in [3.8, 4) is 10.6 Å². The number of hydrogen-bond acceptors (Lipinski definition) is 3. The van der Waals surface area contributed by atoms with Crippen molar-refractivity contribution in [1.29, 1.82) is 0 Å². The van der Waals surface area contributed by atoms with E-state index in [9.17, 15) is 0 Å². The molecule has 0 saturated carbocycles. The monoisotopic (exact) mass is 474 g/mol. The summed E-state index contributed by atoms with van der Waals surface area (Å²) in [4.78, 5) is 8.49. The van der Waals surface area contributed by atoms with Gasteiger partial charge in [-0.05, 0) is 52.0 Å².